The van der Waals surface area contributed by atoms with Crippen molar-refractivity contribution in [3.05, 3.63) is 36.6 Å². The summed E-state index contributed by atoms with van der Waals surface area (Å²) in [5.74, 6) is 1.53. The third-order valence-corrected chi connectivity index (χ3v) is 3.49. The van der Waals surface area contributed by atoms with Gasteiger partial charge in [-0.25, -0.2) is 0 Å². The van der Waals surface area contributed by atoms with Crippen LogP contribution < -0.4 is 10.2 Å². The monoisotopic (exact) mass is 289 g/mol. The fourth-order valence-corrected chi connectivity index (χ4v) is 2.06. The van der Waals surface area contributed by atoms with E-state index in [0.717, 1.165) is 30.8 Å². The molecule has 1 saturated heterocycles. The van der Waals surface area contributed by atoms with Crippen LogP contribution in [-0.4, -0.2) is 44.9 Å². The zero-order valence-electron chi connectivity index (χ0n) is 13.4. The third kappa shape index (κ3) is 4.25. The molecule has 0 aromatic heterocycles. The van der Waals surface area contributed by atoms with E-state index < -0.39 is 5.60 Å². The number of rotatable bonds is 6. The first kappa shape index (κ1) is 15.9. The van der Waals surface area contributed by atoms with Crippen LogP contribution in [0.25, 0.3) is 0 Å². The van der Waals surface area contributed by atoms with E-state index in [9.17, 15) is 0 Å². The largest absolute Gasteiger partial charge is 0.563 e. The molecule has 1 aliphatic rings. The van der Waals surface area contributed by atoms with Gasteiger partial charge in [0.2, 0.25) is 0 Å². The van der Waals surface area contributed by atoms with Crippen LogP contribution in [0, 0.1) is 0 Å². The molecule has 4 nitrogen and oxygen atoms in total. The molecule has 0 aliphatic carbocycles. The summed E-state index contributed by atoms with van der Waals surface area (Å²) >= 11 is 0. The minimum Gasteiger partial charge on any atom is -0.534 e. The van der Waals surface area contributed by atoms with Crippen molar-refractivity contribution in [1.29, 1.82) is 0 Å². The molecule has 0 saturated carbocycles. The van der Waals surface area contributed by atoms with Gasteiger partial charge in [0.1, 0.15) is 11.4 Å². The maximum atomic E-state index is 5.84. The Hall–Kier alpha value is -1.46. The summed E-state index contributed by atoms with van der Waals surface area (Å²) in [7, 11) is 3.74. The average molecular weight is 289 g/mol. The van der Waals surface area contributed by atoms with E-state index >= 15 is 0 Å². The van der Waals surface area contributed by atoms with Gasteiger partial charge < -0.3 is 18.9 Å². The molecule has 114 valence electrons. The minimum atomic E-state index is -0.438. The maximum absolute atomic E-state index is 5.84. The van der Waals surface area contributed by atoms with Crippen LogP contribution in [0.15, 0.2) is 36.6 Å². The van der Waals surface area contributed by atoms with Crippen molar-refractivity contribution in [2.24, 2.45) is 0 Å². The molecule has 0 unspecified atom stereocenters. The highest BCUT2D eigenvalue weighted by atomic mass is 16.7. The topological polar surface area (TPSA) is 30.9 Å². The van der Waals surface area contributed by atoms with Crippen molar-refractivity contribution in [2.75, 3.05) is 27.2 Å². The summed E-state index contributed by atoms with van der Waals surface area (Å²) in [5.41, 5.74) is 0.536. The molecule has 5 heteroatoms. The second-order valence-corrected chi connectivity index (χ2v) is 6.08. The lowest BCUT2D eigenvalue weighted by Crippen LogP contribution is -2.34. The van der Waals surface area contributed by atoms with E-state index in [-0.39, 0.29) is 7.12 Å². The van der Waals surface area contributed by atoms with Gasteiger partial charge in [0.25, 0.3) is 0 Å². The predicted octanol–water partition coefficient (Wildman–Crippen LogP) is 2.05. The molecule has 1 aliphatic heterocycles. The summed E-state index contributed by atoms with van der Waals surface area (Å²) in [6, 6.07) is 7.85. The predicted molar refractivity (Wildman–Crippen MR) is 85.9 cm³/mol. The first-order valence-corrected chi connectivity index (χ1v) is 7.30. The second-order valence-electron chi connectivity index (χ2n) is 6.08. The SMILES string of the molecule is C=C1OB(c2ccc(OCCCN(C)C)cc2)OC1(C)C. The average Bonchev–Trinajstić information content (AvgIpc) is 2.69. The normalized spacial score (nSPS) is 17.2. The van der Waals surface area contributed by atoms with Crippen molar-refractivity contribution in [3.63, 3.8) is 0 Å². The molecule has 1 aromatic carbocycles. The molecule has 0 amide bonds. The number of ether oxygens (including phenoxy) is 1. The Kier molecular flexibility index (Phi) is 4.96. The molecule has 1 aromatic rings. The molecular formula is C16H24BNO3. The first-order chi connectivity index (χ1) is 9.88. The van der Waals surface area contributed by atoms with Crippen LogP contribution in [0.5, 0.6) is 5.75 Å². The summed E-state index contributed by atoms with van der Waals surface area (Å²) in [6.07, 6.45) is 1.01. The molecule has 21 heavy (non-hydrogen) atoms. The van der Waals surface area contributed by atoms with Gasteiger partial charge in [-0.2, -0.15) is 0 Å². The highest BCUT2D eigenvalue weighted by molar-refractivity contribution is 6.62. The Balaban J connectivity index is 1.87. The number of hydrogen-bond donors (Lipinski definition) is 0. The maximum Gasteiger partial charge on any atom is 0.563 e. The Morgan fingerprint density at radius 1 is 1.24 bits per heavy atom. The molecule has 0 bridgehead atoms. The van der Waals surface area contributed by atoms with Crippen molar-refractivity contribution >= 4 is 12.6 Å². The first-order valence-electron chi connectivity index (χ1n) is 7.30. The van der Waals surface area contributed by atoms with E-state index in [1.54, 1.807) is 0 Å². The highest BCUT2D eigenvalue weighted by Crippen LogP contribution is 2.29. The van der Waals surface area contributed by atoms with Gasteiger partial charge in [0.05, 0.1) is 12.4 Å². The number of benzene rings is 1. The van der Waals surface area contributed by atoms with Gasteiger partial charge in [-0.15, -0.1) is 0 Å². The lowest BCUT2D eigenvalue weighted by molar-refractivity contribution is 0.173. The lowest BCUT2D eigenvalue weighted by atomic mass is 9.79. The molecule has 0 N–H and O–H groups in total. The summed E-state index contributed by atoms with van der Waals surface area (Å²) < 4.78 is 17.2. The standard InChI is InChI=1S/C16H24BNO3/c1-13-16(2,3)21-17(20-13)14-7-9-15(10-8-14)19-12-6-11-18(4)5/h7-10H,1,6,11-12H2,2-5H3. The van der Waals surface area contributed by atoms with E-state index in [4.69, 9.17) is 14.0 Å². The fourth-order valence-electron chi connectivity index (χ4n) is 2.06. The fraction of sp³-hybridized carbons (Fsp3) is 0.500. The van der Waals surface area contributed by atoms with Gasteiger partial charge in [-0.3, -0.25) is 0 Å². The van der Waals surface area contributed by atoms with Gasteiger partial charge >= 0.3 is 7.12 Å². The van der Waals surface area contributed by atoms with E-state index in [0.29, 0.717) is 5.76 Å². The van der Waals surface area contributed by atoms with E-state index in [1.807, 2.05) is 38.1 Å². The van der Waals surface area contributed by atoms with E-state index in [2.05, 4.69) is 25.6 Å². The van der Waals surface area contributed by atoms with Gasteiger partial charge in [-0.05, 0) is 52.0 Å². The minimum absolute atomic E-state index is 0.379. The molecule has 0 radical (unpaired) electrons. The Morgan fingerprint density at radius 2 is 1.90 bits per heavy atom. The van der Waals surface area contributed by atoms with Gasteiger partial charge in [0, 0.05) is 6.54 Å². The van der Waals surface area contributed by atoms with Crippen LogP contribution in [0.1, 0.15) is 20.3 Å². The molecule has 2 rings (SSSR count). The summed E-state index contributed by atoms with van der Waals surface area (Å²) in [6.45, 7) is 9.55. The molecule has 0 spiro atoms. The van der Waals surface area contributed by atoms with Crippen LogP contribution in [0.4, 0.5) is 0 Å². The molecule has 1 fully saturated rings. The van der Waals surface area contributed by atoms with Crippen molar-refractivity contribution in [2.45, 2.75) is 25.9 Å². The second kappa shape index (κ2) is 6.54. The number of nitrogens with zero attached hydrogens (tertiary/aromatic N) is 1. The van der Waals surface area contributed by atoms with Gasteiger partial charge in [0.15, 0.2) is 0 Å². The number of hydrogen-bond acceptors (Lipinski definition) is 4. The quantitative estimate of drug-likeness (QED) is 0.592. The molecule has 0 atom stereocenters. The zero-order valence-corrected chi connectivity index (χ0v) is 13.4. The zero-order chi connectivity index (χ0) is 15.5. The van der Waals surface area contributed by atoms with Crippen molar-refractivity contribution in [1.82, 2.24) is 4.90 Å². The third-order valence-electron chi connectivity index (χ3n) is 3.49. The Morgan fingerprint density at radius 3 is 2.43 bits per heavy atom. The molecule has 1 heterocycles. The highest BCUT2D eigenvalue weighted by Gasteiger charge is 2.42. The molecular weight excluding hydrogens is 265 g/mol. The van der Waals surface area contributed by atoms with Crippen LogP contribution in [0.2, 0.25) is 0 Å². The summed E-state index contributed by atoms with van der Waals surface area (Å²) in [5, 5.41) is 0. The Bertz CT molecular complexity index is 485. The lowest BCUT2D eigenvalue weighted by Gasteiger charge is -2.15. The van der Waals surface area contributed by atoms with E-state index in [1.165, 1.54) is 0 Å². The Labute approximate surface area is 127 Å². The smallest absolute Gasteiger partial charge is 0.534 e. The van der Waals surface area contributed by atoms with Crippen LogP contribution in [-0.2, 0) is 9.31 Å². The van der Waals surface area contributed by atoms with Gasteiger partial charge in [-0.1, -0.05) is 18.7 Å². The van der Waals surface area contributed by atoms with Crippen LogP contribution in [0.3, 0.4) is 0 Å². The van der Waals surface area contributed by atoms with Crippen molar-refractivity contribution < 1.29 is 14.0 Å². The van der Waals surface area contributed by atoms with Crippen molar-refractivity contribution in [3.8, 4) is 5.75 Å². The van der Waals surface area contributed by atoms with Crippen LogP contribution >= 0.6 is 0 Å². The summed E-state index contributed by atoms with van der Waals surface area (Å²) in [4.78, 5) is 2.15.